The molecule has 1 aromatic carbocycles. The standard InChI is InChI=1S/C17H24N2O3S/c1-20-15-5-3-14(4-6-15)13-18-16(23)19-9-7-17(8-10-19)21-11-2-12-22-17/h3-6H,2,7-13H2,1H3,(H,18,23). The summed E-state index contributed by atoms with van der Waals surface area (Å²) in [5, 5.41) is 4.13. The van der Waals surface area contributed by atoms with Gasteiger partial charge in [-0.2, -0.15) is 0 Å². The third kappa shape index (κ3) is 4.13. The normalized spacial score (nSPS) is 20.3. The average Bonchev–Trinajstić information content (AvgIpc) is 2.61. The molecule has 5 nitrogen and oxygen atoms in total. The van der Waals surface area contributed by atoms with Crippen LogP contribution in [-0.4, -0.2) is 49.2 Å². The first-order valence-corrected chi connectivity index (χ1v) is 8.55. The summed E-state index contributed by atoms with van der Waals surface area (Å²) in [7, 11) is 1.67. The maximum atomic E-state index is 5.86. The van der Waals surface area contributed by atoms with Crippen LogP contribution in [0.3, 0.4) is 0 Å². The van der Waals surface area contributed by atoms with Gasteiger partial charge in [-0.15, -0.1) is 0 Å². The lowest BCUT2D eigenvalue weighted by Gasteiger charge is -2.44. The molecule has 2 aliphatic heterocycles. The van der Waals surface area contributed by atoms with Gasteiger partial charge in [0.1, 0.15) is 5.75 Å². The van der Waals surface area contributed by atoms with Gasteiger partial charge in [0.2, 0.25) is 0 Å². The first-order valence-electron chi connectivity index (χ1n) is 8.14. The Hall–Kier alpha value is -1.37. The van der Waals surface area contributed by atoms with Crippen LogP contribution in [0.25, 0.3) is 0 Å². The second kappa shape index (κ2) is 7.47. The van der Waals surface area contributed by atoms with E-state index in [2.05, 4.69) is 10.2 Å². The molecule has 3 rings (SSSR count). The molecular formula is C17H24N2O3S. The minimum absolute atomic E-state index is 0.361. The summed E-state index contributed by atoms with van der Waals surface area (Å²) in [4.78, 5) is 2.20. The van der Waals surface area contributed by atoms with Crippen molar-refractivity contribution in [3.63, 3.8) is 0 Å². The highest BCUT2D eigenvalue weighted by atomic mass is 32.1. The molecule has 2 saturated heterocycles. The summed E-state index contributed by atoms with van der Waals surface area (Å²) in [5.74, 6) is 0.505. The van der Waals surface area contributed by atoms with Gasteiger partial charge in [-0.05, 0) is 36.3 Å². The number of hydrogen-bond donors (Lipinski definition) is 1. The molecule has 1 aromatic rings. The van der Waals surface area contributed by atoms with E-state index in [1.54, 1.807) is 7.11 Å². The second-order valence-electron chi connectivity index (χ2n) is 5.95. The number of benzene rings is 1. The monoisotopic (exact) mass is 336 g/mol. The quantitative estimate of drug-likeness (QED) is 0.855. The van der Waals surface area contributed by atoms with Gasteiger partial charge in [0.05, 0.1) is 20.3 Å². The zero-order valence-corrected chi connectivity index (χ0v) is 14.4. The minimum atomic E-state index is -0.361. The zero-order chi connectivity index (χ0) is 16.1. The van der Waals surface area contributed by atoms with Crippen LogP contribution in [0.1, 0.15) is 24.8 Å². The summed E-state index contributed by atoms with van der Waals surface area (Å²) >= 11 is 5.52. The first kappa shape index (κ1) is 16.5. The number of nitrogens with zero attached hydrogens (tertiary/aromatic N) is 1. The van der Waals surface area contributed by atoms with Crippen molar-refractivity contribution in [3.8, 4) is 5.75 Å². The van der Waals surface area contributed by atoms with Crippen LogP contribution in [0.4, 0.5) is 0 Å². The van der Waals surface area contributed by atoms with Crippen molar-refractivity contribution < 1.29 is 14.2 Å². The molecule has 1 N–H and O–H groups in total. The van der Waals surface area contributed by atoms with Crippen LogP contribution in [-0.2, 0) is 16.0 Å². The molecule has 0 saturated carbocycles. The SMILES string of the molecule is COc1ccc(CNC(=S)N2CCC3(CC2)OCCCO3)cc1. The molecule has 0 unspecified atom stereocenters. The molecule has 0 aromatic heterocycles. The lowest BCUT2D eigenvalue weighted by atomic mass is 10.0. The van der Waals surface area contributed by atoms with Crippen LogP contribution in [0.15, 0.2) is 24.3 Å². The fourth-order valence-corrected chi connectivity index (χ4v) is 3.24. The molecule has 0 atom stereocenters. The van der Waals surface area contributed by atoms with E-state index in [4.69, 9.17) is 26.4 Å². The molecule has 2 heterocycles. The predicted molar refractivity (Wildman–Crippen MR) is 92.5 cm³/mol. The summed E-state index contributed by atoms with van der Waals surface area (Å²) < 4.78 is 16.9. The van der Waals surface area contributed by atoms with Crippen LogP contribution >= 0.6 is 12.2 Å². The van der Waals surface area contributed by atoms with E-state index in [1.165, 1.54) is 5.56 Å². The maximum absolute atomic E-state index is 5.86. The summed E-state index contributed by atoms with van der Waals surface area (Å²) in [6, 6.07) is 8.01. The van der Waals surface area contributed by atoms with Crippen molar-refractivity contribution in [2.75, 3.05) is 33.4 Å². The predicted octanol–water partition coefficient (Wildman–Crippen LogP) is 2.30. The Balaban J connectivity index is 1.45. The van der Waals surface area contributed by atoms with Crippen molar-refractivity contribution in [3.05, 3.63) is 29.8 Å². The van der Waals surface area contributed by atoms with Gasteiger partial charge in [0, 0.05) is 32.5 Å². The van der Waals surface area contributed by atoms with E-state index in [0.29, 0.717) is 0 Å². The van der Waals surface area contributed by atoms with Crippen molar-refractivity contribution in [1.29, 1.82) is 0 Å². The molecule has 6 heteroatoms. The minimum Gasteiger partial charge on any atom is -0.497 e. The van der Waals surface area contributed by atoms with Crippen LogP contribution in [0.2, 0.25) is 0 Å². The molecule has 0 amide bonds. The third-order valence-corrected chi connectivity index (χ3v) is 4.84. The number of thiocarbonyl (C=S) groups is 1. The summed E-state index contributed by atoms with van der Waals surface area (Å²) in [6.07, 6.45) is 2.74. The van der Waals surface area contributed by atoms with Gasteiger partial charge in [0.25, 0.3) is 0 Å². The maximum Gasteiger partial charge on any atom is 0.171 e. The van der Waals surface area contributed by atoms with Crippen LogP contribution < -0.4 is 10.1 Å². The topological polar surface area (TPSA) is 43.0 Å². The number of ether oxygens (including phenoxy) is 3. The van der Waals surface area contributed by atoms with E-state index in [1.807, 2.05) is 24.3 Å². The highest BCUT2D eigenvalue weighted by Crippen LogP contribution is 2.30. The molecule has 2 aliphatic rings. The Kier molecular flexibility index (Phi) is 5.35. The van der Waals surface area contributed by atoms with E-state index in [-0.39, 0.29) is 5.79 Å². The number of methoxy groups -OCH3 is 1. The molecule has 23 heavy (non-hydrogen) atoms. The van der Waals surface area contributed by atoms with Crippen molar-refractivity contribution in [2.45, 2.75) is 31.6 Å². The first-order chi connectivity index (χ1) is 11.2. The number of likely N-dealkylation sites (tertiary alicyclic amines) is 1. The van der Waals surface area contributed by atoms with Gasteiger partial charge in [-0.1, -0.05) is 12.1 Å². The molecular weight excluding hydrogens is 312 g/mol. The van der Waals surface area contributed by atoms with Gasteiger partial charge in [-0.25, -0.2) is 0 Å². The highest BCUT2D eigenvalue weighted by molar-refractivity contribution is 7.80. The van der Waals surface area contributed by atoms with E-state index >= 15 is 0 Å². The Morgan fingerprint density at radius 1 is 1.22 bits per heavy atom. The fourth-order valence-electron chi connectivity index (χ4n) is 2.99. The summed E-state index contributed by atoms with van der Waals surface area (Å²) in [5.41, 5.74) is 1.18. The van der Waals surface area contributed by atoms with Crippen LogP contribution in [0, 0.1) is 0 Å². The second-order valence-corrected chi connectivity index (χ2v) is 6.34. The lowest BCUT2D eigenvalue weighted by molar-refractivity contribution is -0.281. The average molecular weight is 336 g/mol. The smallest absolute Gasteiger partial charge is 0.171 e. The number of rotatable bonds is 3. The van der Waals surface area contributed by atoms with Crippen molar-refractivity contribution in [2.24, 2.45) is 0 Å². The highest BCUT2D eigenvalue weighted by Gasteiger charge is 2.38. The summed E-state index contributed by atoms with van der Waals surface area (Å²) in [6.45, 7) is 4.07. The third-order valence-electron chi connectivity index (χ3n) is 4.43. The largest absolute Gasteiger partial charge is 0.497 e. The molecule has 0 bridgehead atoms. The molecule has 126 valence electrons. The van der Waals surface area contributed by atoms with E-state index < -0.39 is 0 Å². The zero-order valence-electron chi connectivity index (χ0n) is 13.5. The molecule has 0 aliphatic carbocycles. The number of hydrogen-bond acceptors (Lipinski definition) is 4. The Morgan fingerprint density at radius 2 is 1.87 bits per heavy atom. The molecule has 1 spiro atoms. The van der Waals surface area contributed by atoms with Gasteiger partial charge in [-0.3, -0.25) is 0 Å². The van der Waals surface area contributed by atoms with Gasteiger partial charge >= 0.3 is 0 Å². The van der Waals surface area contributed by atoms with Crippen molar-refractivity contribution in [1.82, 2.24) is 10.2 Å². The fraction of sp³-hybridized carbons (Fsp3) is 0.588. The van der Waals surface area contributed by atoms with Gasteiger partial charge < -0.3 is 24.4 Å². The van der Waals surface area contributed by atoms with E-state index in [0.717, 1.165) is 63.0 Å². The van der Waals surface area contributed by atoms with Crippen LogP contribution in [0.5, 0.6) is 5.75 Å². The lowest BCUT2D eigenvalue weighted by Crippen LogP contribution is -2.53. The molecule has 2 fully saturated rings. The number of nitrogens with one attached hydrogen (secondary N) is 1. The Labute approximate surface area is 142 Å². The molecule has 0 radical (unpaired) electrons. The van der Waals surface area contributed by atoms with Crippen molar-refractivity contribution >= 4 is 17.3 Å². The number of piperidine rings is 1. The van der Waals surface area contributed by atoms with E-state index in [9.17, 15) is 0 Å². The van der Waals surface area contributed by atoms with Gasteiger partial charge in [0.15, 0.2) is 10.9 Å². The Morgan fingerprint density at radius 3 is 2.48 bits per heavy atom. The Bertz CT molecular complexity index is 519.